The molecule has 0 heterocycles. The fraction of sp³-hybridized carbons (Fsp3) is 0.417. The lowest BCUT2D eigenvalue weighted by atomic mass is 10.2. The Morgan fingerprint density at radius 3 is 2.50 bits per heavy atom. The van der Waals surface area contributed by atoms with Crippen molar-refractivity contribution in [2.75, 3.05) is 5.75 Å². The van der Waals surface area contributed by atoms with Crippen molar-refractivity contribution >= 4 is 15.8 Å². The van der Waals surface area contributed by atoms with Gasteiger partial charge in [0.1, 0.15) is 10.7 Å². The van der Waals surface area contributed by atoms with Gasteiger partial charge in [-0.05, 0) is 30.5 Å². The smallest absolute Gasteiger partial charge is 0.335 e. The number of sulfone groups is 1. The first-order valence-corrected chi connectivity index (χ1v) is 7.15. The number of aromatic carboxylic acids is 1. The van der Waals surface area contributed by atoms with Crippen molar-refractivity contribution < 1.29 is 22.7 Å². The number of carboxylic acids is 1. The third-order valence-electron chi connectivity index (χ3n) is 2.48. The molecule has 0 aromatic heterocycles. The molecule has 4 nitrogen and oxygen atoms in total. The Bertz CT molecular complexity index is 549. The van der Waals surface area contributed by atoms with Crippen LogP contribution in [0, 0.1) is 11.7 Å². The highest BCUT2D eigenvalue weighted by Crippen LogP contribution is 2.19. The van der Waals surface area contributed by atoms with Crippen LogP contribution in [0.25, 0.3) is 0 Å². The maximum absolute atomic E-state index is 13.5. The molecule has 0 bridgehead atoms. The molecule has 0 aliphatic carbocycles. The van der Waals surface area contributed by atoms with Crippen molar-refractivity contribution in [2.24, 2.45) is 5.92 Å². The Balaban J connectivity index is 3.15. The fourth-order valence-electron chi connectivity index (χ4n) is 1.38. The minimum absolute atomic E-state index is 0.172. The van der Waals surface area contributed by atoms with Crippen molar-refractivity contribution in [2.45, 2.75) is 25.2 Å². The van der Waals surface area contributed by atoms with E-state index in [1.54, 1.807) is 0 Å². The zero-order valence-electron chi connectivity index (χ0n) is 10.2. The van der Waals surface area contributed by atoms with Gasteiger partial charge in [-0.3, -0.25) is 0 Å². The van der Waals surface area contributed by atoms with Crippen molar-refractivity contribution in [1.29, 1.82) is 0 Å². The van der Waals surface area contributed by atoms with Crippen LogP contribution in [0.15, 0.2) is 23.1 Å². The molecule has 0 spiro atoms. The predicted molar refractivity (Wildman–Crippen MR) is 64.9 cm³/mol. The van der Waals surface area contributed by atoms with Crippen molar-refractivity contribution in [1.82, 2.24) is 0 Å². The van der Waals surface area contributed by atoms with Gasteiger partial charge in [-0.15, -0.1) is 0 Å². The molecule has 0 radical (unpaired) electrons. The zero-order chi connectivity index (χ0) is 13.9. The summed E-state index contributed by atoms with van der Waals surface area (Å²) in [6.07, 6.45) is 0.402. The normalized spacial score (nSPS) is 11.8. The Morgan fingerprint density at radius 1 is 1.39 bits per heavy atom. The largest absolute Gasteiger partial charge is 0.478 e. The SMILES string of the molecule is CC(C)CCS(=O)(=O)c1cc(C(=O)O)ccc1F. The first-order valence-electron chi connectivity index (χ1n) is 5.49. The average Bonchev–Trinajstić information content (AvgIpc) is 2.26. The second-order valence-corrected chi connectivity index (χ2v) is 6.53. The van der Waals surface area contributed by atoms with E-state index in [2.05, 4.69) is 0 Å². The second-order valence-electron chi connectivity index (χ2n) is 4.45. The molecule has 1 N–H and O–H groups in total. The molecule has 0 aliphatic rings. The maximum atomic E-state index is 13.5. The molecule has 0 saturated heterocycles. The quantitative estimate of drug-likeness (QED) is 0.894. The molecule has 100 valence electrons. The lowest BCUT2D eigenvalue weighted by molar-refractivity contribution is 0.0696. The predicted octanol–water partition coefficient (Wildman–Crippen LogP) is 2.34. The fourth-order valence-corrected chi connectivity index (χ4v) is 3.05. The van der Waals surface area contributed by atoms with Crippen LogP contribution in [0.2, 0.25) is 0 Å². The highest BCUT2D eigenvalue weighted by atomic mass is 32.2. The molecular weight excluding hydrogens is 259 g/mol. The Kier molecular flexibility index (Phi) is 4.45. The molecule has 0 unspecified atom stereocenters. The van der Waals surface area contributed by atoms with E-state index >= 15 is 0 Å². The van der Waals surface area contributed by atoms with Crippen LogP contribution >= 0.6 is 0 Å². The molecule has 0 saturated carbocycles. The van der Waals surface area contributed by atoms with Gasteiger partial charge in [0, 0.05) is 0 Å². The summed E-state index contributed by atoms with van der Waals surface area (Å²) in [7, 11) is -3.78. The van der Waals surface area contributed by atoms with Gasteiger partial charge < -0.3 is 5.11 Å². The number of halogens is 1. The molecule has 0 amide bonds. The van der Waals surface area contributed by atoms with Gasteiger partial charge in [-0.25, -0.2) is 17.6 Å². The van der Waals surface area contributed by atoms with Crippen LogP contribution < -0.4 is 0 Å². The first kappa shape index (κ1) is 14.6. The van der Waals surface area contributed by atoms with E-state index in [0.717, 1.165) is 18.2 Å². The van der Waals surface area contributed by atoms with E-state index in [-0.39, 0.29) is 17.2 Å². The molecule has 1 aromatic rings. The van der Waals surface area contributed by atoms with Crippen molar-refractivity contribution in [3.63, 3.8) is 0 Å². The summed E-state index contributed by atoms with van der Waals surface area (Å²) in [5.74, 6) is -2.21. The van der Waals surface area contributed by atoms with Gasteiger partial charge in [-0.2, -0.15) is 0 Å². The minimum atomic E-state index is -3.78. The van der Waals surface area contributed by atoms with E-state index < -0.39 is 26.5 Å². The summed E-state index contributed by atoms with van der Waals surface area (Å²) in [6, 6.07) is 2.78. The van der Waals surface area contributed by atoms with Crippen LogP contribution in [0.5, 0.6) is 0 Å². The average molecular weight is 274 g/mol. The topological polar surface area (TPSA) is 71.4 Å². The van der Waals surface area contributed by atoms with E-state index in [9.17, 15) is 17.6 Å². The maximum Gasteiger partial charge on any atom is 0.335 e. The molecule has 18 heavy (non-hydrogen) atoms. The number of hydrogen-bond donors (Lipinski definition) is 1. The van der Waals surface area contributed by atoms with Gasteiger partial charge in [-0.1, -0.05) is 13.8 Å². The Labute approximate surface area is 105 Å². The Morgan fingerprint density at radius 2 is 2.00 bits per heavy atom. The summed E-state index contributed by atoms with van der Waals surface area (Å²) in [5, 5.41) is 8.77. The van der Waals surface area contributed by atoms with Gasteiger partial charge in [0.2, 0.25) is 0 Å². The van der Waals surface area contributed by atoms with Crippen LogP contribution in [0.1, 0.15) is 30.6 Å². The number of hydrogen-bond acceptors (Lipinski definition) is 3. The van der Waals surface area contributed by atoms with Crippen LogP contribution in [0.4, 0.5) is 4.39 Å². The lowest BCUT2D eigenvalue weighted by Gasteiger charge is -2.08. The number of benzene rings is 1. The molecule has 0 fully saturated rings. The Hall–Kier alpha value is -1.43. The van der Waals surface area contributed by atoms with E-state index in [4.69, 9.17) is 5.11 Å². The zero-order valence-corrected chi connectivity index (χ0v) is 11.0. The van der Waals surface area contributed by atoms with Crippen molar-refractivity contribution in [3.05, 3.63) is 29.6 Å². The third-order valence-corrected chi connectivity index (χ3v) is 4.23. The van der Waals surface area contributed by atoms with Gasteiger partial charge >= 0.3 is 5.97 Å². The highest BCUT2D eigenvalue weighted by molar-refractivity contribution is 7.91. The molecule has 1 rings (SSSR count). The number of carboxylic acid groups (broad SMARTS) is 1. The van der Waals surface area contributed by atoms with Crippen LogP contribution in [-0.4, -0.2) is 25.2 Å². The number of rotatable bonds is 5. The van der Waals surface area contributed by atoms with Gasteiger partial charge in [0.15, 0.2) is 9.84 Å². The highest BCUT2D eigenvalue weighted by Gasteiger charge is 2.21. The van der Waals surface area contributed by atoms with E-state index in [1.165, 1.54) is 0 Å². The minimum Gasteiger partial charge on any atom is -0.478 e. The summed E-state index contributed by atoms with van der Waals surface area (Å²) in [4.78, 5) is 10.2. The summed E-state index contributed by atoms with van der Waals surface area (Å²) >= 11 is 0. The van der Waals surface area contributed by atoms with Crippen molar-refractivity contribution in [3.8, 4) is 0 Å². The van der Waals surface area contributed by atoms with Crippen LogP contribution in [0.3, 0.4) is 0 Å². The first-order chi connectivity index (χ1) is 8.24. The summed E-state index contributed by atoms with van der Waals surface area (Å²) < 4.78 is 37.3. The number of carbonyl (C=O) groups is 1. The molecule has 0 atom stereocenters. The second kappa shape index (κ2) is 5.48. The molecule has 1 aromatic carbocycles. The van der Waals surface area contributed by atoms with E-state index in [1.807, 2.05) is 13.8 Å². The van der Waals surface area contributed by atoms with Crippen LogP contribution in [-0.2, 0) is 9.84 Å². The monoisotopic (exact) mass is 274 g/mol. The summed E-state index contributed by atoms with van der Waals surface area (Å²) in [5.41, 5.74) is -0.237. The molecular formula is C12H15FO4S. The lowest BCUT2D eigenvalue weighted by Crippen LogP contribution is -2.12. The van der Waals surface area contributed by atoms with Gasteiger partial charge in [0.05, 0.1) is 11.3 Å². The standard InChI is InChI=1S/C12H15FO4S/c1-8(2)5-6-18(16,17)11-7-9(12(14)15)3-4-10(11)13/h3-4,7-8H,5-6H2,1-2H3,(H,14,15). The van der Waals surface area contributed by atoms with Gasteiger partial charge in [0.25, 0.3) is 0 Å². The summed E-state index contributed by atoms with van der Waals surface area (Å²) in [6.45, 7) is 3.72. The van der Waals surface area contributed by atoms with E-state index in [0.29, 0.717) is 6.42 Å². The molecule has 6 heteroatoms. The molecule has 0 aliphatic heterocycles. The third kappa shape index (κ3) is 3.53.